The summed E-state index contributed by atoms with van der Waals surface area (Å²) in [5.41, 5.74) is 0. The summed E-state index contributed by atoms with van der Waals surface area (Å²) >= 11 is 0. The predicted octanol–water partition coefficient (Wildman–Crippen LogP) is -0.0825. The number of aliphatic hydroxyl groups excluding tert-OH is 2. The quantitative estimate of drug-likeness (QED) is 0.508. The first kappa shape index (κ1) is 8.22. The van der Waals surface area contributed by atoms with E-state index in [1.165, 1.54) is 19.1 Å². The highest BCUT2D eigenvalue weighted by molar-refractivity contribution is 5.11. The molecule has 0 rings (SSSR count). The second-order valence-corrected chi connectivity index (χ2v) is 1.76. The van der Waals surface area contributed by atoms with E-state index in [-0.39, 0.29) is 0 Å². The number of aliphatic hydroxyl groups is 2. The number of hydrogen-bond acceptors (Lipinski definition) is 2. The standard InChI is InChI=1S/C7H10O2/c1-3-4-5-7(9)6(2)8/h1,4-9H,2H3. The zero-order valence-corrected chi connectivity index (χ0v) is 5.28. The molecule has 2 atom stereocenters. The van der Waals surface area contributed by atoms with Gasteiger partial charge in [0.1, 0.15) is 0 Å². The van der Waals surface area contributed by atoms with Gasteiger partial charge in [-0.2, -0.15) is 0 Å². The zero-order valence-electron chi connectivity index (χ0n) is 5.28. The van der Waals surface area contributed by atoms with Gasteiger partial charge in [-0.05, 0) is 19.1 Å². The van der Waals surface area contributed by atoms with Gasteiger partial charge < -0.3 is 10.2 Å². The smallest absolute Gasteiger partial charge is 0.0986 e. The summed E-state index contributed by atoms with van der Waals surface area (Å²) in [4.78, 5) is 0. The van der Waals surface area contributed by atoms with Gasteiger partial charge in [0, 0.05) is 0 Å². The van der Waals surface area contributed by atoms with Gasteiger partial charge in [0.15, 0.2) is 0 Å². The minimum Gasteiger partial charge on any atom is -0.390 e. The molecule has 9 heavy (non-hydrogen) atoms. The van der Waals surface area contributed by atoms with Crippen molar-refractivity contribution < 1.29 is 10.2 Å². The van der Waals surface area contributed by atoms with Gasteiger partial charge in [-0.25, -0.2) is 0 Å². The van der Waals surface area contributed by atoms with Gasteiger partial charge in [0.25, 0.3) is 0 Å². The van der Waals surface area contributed by atoms with Crippen LogP contribution in [0.3, 0.4) is 0 Å². The fraction of sp³-hybridized carbons (Fsp3) is 0.429. The Balaban J connectivity index is 3.65. The fourth-order valence-electron chi connectivity index (χ4n) is 0.315. The van der Waals surface area contributed by atoms with E-state index in [9.17, 15) is 0 Å². The van der Waals surface area contributed by atoms with Crippen LogP contribution in [0.15, 0.2) is 12.2 Å². The molecule has 0 bridgehead atoms. The Labute approximate surface area is 54.8 Å². The largest absolute Gasteiger partial charge is 0.390 e. The maximum absolute atomic E-state index is 8.83. The number of hydrogen-bond donors (Lipinski definition) is 2. The molecule has 2 heteroatoms. The number of allylic oxidation sites excluding steroid dienone is 1. The van der Waals surface area contributed by atoms with E-state index in [0.29, 0.717) is 0 Å². The summed E-state index contributed by atoms with van der Waals surface area (Å²) in [5, 5.41) is 17.5. The Morgan fingerprint density at radius 1 is 1.56 bits per heavy atom. The topological polar surface area (TPSA) is 40.5 Å². The third-order valence-electron chi connectivity index (χ3n) is 0.884. The van der Waals surface area contributed by atoms with Crippen LogP contribution < -0.4 is 0 Å². The van der Waals surface area contributed by atoms with Crippen LogP contribution in [-0.2, 0) is 0 Å². The summed E-state index contributed by atoms with van der Waals surface area (Å²) < 4.78 is 0. The van der Waals surface area contributed by atoms with E-state index in [1.54, 1.807) is 0 Å². The number of rotatable bonds is 2. The lowest BCUT2D eigenvalue weighted by atomic mass is 10.2. The first-order valence-corrected chi connectivity index (χ1v) is 2.67. The second-order valence-electron chi connectivity index (χ2n) is 1.76. The number of terminal acetylenes is 1. The lowest BCUT2D eigenvalue weighted by Crippen LogP contribution is -2.19. The van der Waals surface area contributed by atoms with Crippen LogP contribution in [0.2, 0.25) is 0 Å². The molecule has 0 saturated heterocycles. The molecule has 2 nitrogen and oxygen atoms in total. The first-order valence-electron chi connectivity index (χ1n) is 2.67. The van der Waals surface area contributed by atoms with Gasteiger partial charge in [-0.15, -0.1) is 6.42 Å². The van der Waals surface area contributed by atoms with Crippen LogP contribution in [0.25, 0.3) is 0 Å². The van der Waals surface area contributed by atoms with Gasteiger partial charge >= 0.3 is 0 Å². The van der Waals surface area contributed by atoms with Crippen molar-refractivity contribution in [2.24, 2.45) is 0 Å². The van der Waals surface area contributed by atoms with Crippen molar-refractivity contribution in [1.82, 2.24) is 0 Å². The third kappa shape index (κ3) is 3.77. The Morgan fingerprint density at radius 2 is 2.11 bits per heavy atom. The van der Waals surface area contributed by atoms with E-state index < -0.39 is 12.2 Å². The molecular weight excluding hydrogens is 116 g/mol. The van der Waals surface area contributed by atoms with E-state index in [4.69, 9.17) is 16.6 Å². The summed E-state index contributed by atoms with van der Waals surface area (Å²) in [6, 6.07) is 0. The van der Waals surface area contributed by atoms with Crippen molar-refractivity contribution in [3.8, 4) is 12.3 Å². The average molecular weight is 126 g/mol. The van der Waals surface area contributed by atoms with Crippen molar-refractivity contribution in [1.29, 1.82) is 0 Å². The highest BCUT2D eigenvalue weighted by Gasteiger charge is 2.03. The van der Waals surface area contributed by atoms with E-state index in [2.05, 4.69) is 5.92 Å². The molecule has 0 saturated carbocycles. The summed E-state index contributed by atoms with van der Waals surface area (Å²) in [7, 11) is 0. The molecule has 0 radical (unpaired) electrons. The van der Waals surface area contributed by atoms with Crippen LogP contribution in [0.4, 0.5) is 0 Å². The second kappa shape index (κ2) is 4.13. The SMILES string of the molecule is C#CC=CC(O)C(C)O. The Hall–Kier alpha value is -0.780. The molecule has 0 aromatic carbocycles. The van der Waals surface area contributed by atoms with Crippen LogP contribution >= 0.6 is 0 Å². The lowest BCUT2D eigenvalue weighted by Gasteiger charge is -2.06. The summed E-state index contributed by atoms with van der Waals surface area (Å²) in [6.07, 6.45) is 5.97. The Kier molecular flexibility index (Phi) is 3.78. The molecular formula is C7H10O2. The first-order chi connectivity index (χ1) is 4.18. The molecule has 0 heterocycles. The van der Waals surface area contributed by atoms with E-state index in [0.717, 1.165) is 0 Å². The molecule has 2 N–H and O–H groups in total. The Morgan fingerprint density at radius 3 is 2.44 bits per heavy atom. The highest BCUT2D eigenvalue weighted by atomic mass is 16.3. The van der Waals surface area contributed by atoms with Crippen molar-refractivity contribution in [3.63, 3.8) is 0 Å². The van der Waals surface area contributed by atoms with Gasteiger partial charge in [0.05, 0.1) is 12.2 Å². The summed E-state index contributed by atoms with van der Waals surface area (Å²) in [6.45, 7) is 1.49. The van der Waals surface area contributed by atoms with Gasteiger partial charge in [-0.3, -0.25) is 0 Å². The molecule has 50 valence electrons. The lowest BCUT2D eigenvalue weighted by molar-refractivity contribution is 0.0619. The van der Waals surface area contributed by atoms with Crippen LogP contribution in [0, 0.1) is 12.3 Å². The molecule has 0 fully saturated rings. The molecule has 0 amide bonds. The molecule has 0 aromatic rings. The van der Waals surface area contributed by atoms with Crippen LogP contribution in [-0.4, -0.2) is 22.4 Å². The Bertz CT molecular complexity index is 130. The highest BCUT2D eigenvalue weighted by Crippen LogP contribution is 1.92. The van der Waals surface area contributed by atoms with Crippen molar-refractivity contribution in [3.05, 3.63) is 12.2 Å². The fourth-order valence-corrected chi connectivity index (χ4v) is 0.315. The maximum atomic E-state index is 8.83. The minimum absolute atomic E-state index is 0.755. The summed E-state index contributed by atoms with van der Waals surface area (Å²) in [5.74, 6) is 2.20. The van der Waals surface area contributed by atoms with Crippen molar-refractivity contribution >= 4 is 0 Å². The minimum atomic E-state index is -0.846. The molecule has 2 unspecified atom stereocenters. The molecule has 0 spiro atoms. The zero-order chi connectivity index (χ0) is 7.28. The van der Waals surface area contributed by atoms with Crippen molar-refractivity contribution in [2.75, 3.05) is 0 Å². The maximum Gasteiger partial charge on any atom is 0.0986 e. The van der Waals surface area contributed by atoms with Gasteiger partial charge in [-0.1, -0.05) is 5.92 Å². The van der Waals surface area contributed by atoms with Crippen molar-refractivity contribution in [2.45, 2.75) is 19.1 Å². The van der Waals surface area contributed by atoms with Gasteiger partial charge in [0.2, 0.25) is 0 Å². The predicted molar refractivity (Wildman–Crippen MR) is 35.7 cm³/mol. The van der Waals surface area contributed by atoms with Crippen LogP contribution in [0.1, 0.15) is 6.92 Å². The normalized spacial score (nSPS) is 17.1. The van der Waals surface area contributed by atoms with Crippen LogP contribution in [0.5, 0.6) is 0 Å². The molecule has 0 aromatic heterocycles. The van der Waals surface area contributed by atoms with E-state index in [1.807, 2.05) is 0 Å². The average Bonchev–Trinajstić information content (AvgIpc) is 1.82. The molecule has 0 aliphatic rings. The monoisotopic (exact) mass is 126 g/mol. The third-order valence-corrected chi connectivity index (χ3v) is 0.884. The van der Waals surface area contributed by atoms with E-state index >= 15 is 0 Å². The molecule has 0 aliphatic carbocycles. The molecule has 0 aliphatic heterocycles.